The second kappa shape index (κ2) is 5.67. The third-order valence-corrected chi connectivity index (χ3v) is 3.08. The number of aromatic carboxylic acids is 1. The zero-order chi connectivity index (χ0) is 13.8. The zero-order valence-corrected chi connectivity index (χ0v) is 11.0. The number of hydrogen-bond donors (Lipinski definition) is 2. The van der Waals surface area contributed by atoms with E-state index in [-0.39, 0.29) is 16.9 Å². The number of carboxylic acids is 1. The van der Waals surface area contributed by atoms with E-state index >= 15 is 0 Å². The van der Waals surface area contributed by atoms with Crippen molar-refractivity contribution >= 4 is 11.9 Å². The molecule has 0 aliphatic rings. The predicted octanol–water partition coefficient (Wildman–Crippen LogP) is 2.55. The highest BCUT2D eigenvalue weighted by Gasteiger charge is 2.16. The number of carbonyl (C=O) groups is 2. The maximum absolute atomic E-state index is 11.8. The minimum absolute atomic E-state index is 0.0661. The van der Waals surface area contributed by atoms with E-state index in [2.05, 4.69) is 26.1 Å². The smallest absolute Gasteiger partial charge is 0.335 e. The van der Waals surface area contributed by atoms with Crippen molar-refractivity contribution < 1.29 is 14.7 Å². The van der Waals surface area contributed by atoms with Crippen LogP contribution in [0.1, 0.15) is 47.9 Å². The van der Waals surface area contributed by atoms with Crippen LogP contribution in [0.25, 0.3) is 0 Å². The molecule has 4 heteroatoms. The summed E-state index contributed by atoms with van der Waals surface area (Å²) < 4.78 is 0. The predicted molar refractivity (Wildman–Crippen MR) is 69.8 cm³/mol. The van der Waals surface area contributed by atoms with E-state index in [1.165, 1.54) is 24.3 Å². The van der Waals surface area contributed by atoms with E-state index in [0.29, 0.717) is 12.1 Å². The molecule has 0 atom stereocenters. The maximum atomic E-state index is 11.8. The van der Waals surface area contributed by atoms with Gasteiger partial charge in [-0.25, -0.2) is 4.79 Å². The van der Waals surface area contributed by atoms with Gasteiger partial charge < -0.3 is 10.4 Å². The van der Waals surface area contributed by atoms with Crippen molar-refractivity contribution in [3.63, 3.8) is 0 Å². The Kier molecular flexibility index (Phi) is 4.48. The van der Waals surface area contributed by atoms with Gasteiger partial charge in [0.05, 0.1) is 5.56 Å². The Morgan fingerprint density at radius 1 is 1.17 bits per heavy atom. The Bertz CT molecular complexity index is 435. The third kappa shape index (κ3) is 3.87. The van der Waals surface area contributed by atoms with Gasteiger partial charge in [0.1, 0.15) is 0 Å². The first-order chi connectivity index (χ1) is 8.35. The van der Waals surface area contributed by atoms with Crippen molar-refractivity contribution in [3.05, 3.63) is 35.4 Å². The van der Waals surface area contributed by atoms with Gasteiger partial charge in [0.15, 0.2) is 0 Å². The zero-order valence-electron chi connectivity index (χ0n) is 11.0. The molecule has 1 aromatic carbocycles. The van der Waals surface area contributed by atoms with Crippen LogP contribution in [-0.2, 0) is 0 Å². The topological polar surface area (TPSA) is 66.4 Å². The van der Waals surface area contributed by atoms with Crippen molar-refractivity contribution in [3.8, 4) is 0 Å². The Labute approximate surface area is 107 Å². The van der Waals surface area contributed by atoms with Crippen LogP contribution in [0.3, 0.4) is 0 Å². The molecule has 0 radical (unpaired) electrons. The van der Waals surface area contributed by atoms with Gasteiger partial charge in [0.25, 0.3) is 5.91 Å². The van der Waals surface area contributed by atoms with Crippen LogP contribution in [0.15, 0.2) is 24.3 Å². The van der Waals surface area contributed by atoms with Crippen LogP contribution >= 0.6 is 0 Å². The minimum atomic E-state index is -0.992. The average Bonchev–Trinajstić information content (AvgIpc) is 2.36. The lowest BCUT2D eigenvalue weighted by atomic mass is 9.90. The Morgan fingerprint density at radius 3 is 2.11 bits per heavy atom. The second-order valence-electron chi connectivity index (χ2n) is 5.08. The molecule has 0 aliphatic carbocycles. The highest BCUT2D eigenvalue weighted by atomic mass is 16.4. The molecule has 0 aromatic heterocycles. The molecule has 0 unspecified atom stereocenters. The fourth-order valence-corrected chi connectivity index (χ4v) is 1.31. The summed E-state index contributed by atoms with van der Waals surface area (Å²) in [5.74, 6) is -1.16. The van der Waals surface area contributed by atoms with Gasteiger partial charge in [-0.05, 0) is 36.1 Å². The first-order valence-corrected chi connectivity index (χ1v) is 5.97. The molecule has 0 heterocycles. The van der Waals surface area contributed by atoms with Crippen molar-refractivity contribution in [2.24, 2.45) is 5.41 Å². The Hall–Kier alpha value is -1.84. The lowest BCUT2D eigenvalue weighted by Crippen LogP contribution is -2.33. The van der Waals surface area contributed by atoms with E-state index in [1.54, 1.807) is 0 Å². The Balaban J connectivity index is 2.65. The molecule has 1 amide bonds. The Morgan fingerprint density at radius 2 is 1.67 bits per heavy atom. The molecule has 4 nitrogen and oxygen atoms in total. The first-order valence-electron chi connectivity index (χ1n) is 5.97. The molecule has 0 aliphatic heterocycles. The van der Waals surface area contributed by atoms with Crippen molar-refractivity contribution in [1.82, 2.24) is 5.32 Å². The molecule has 0 saturated carbocycles. The largest absolute Gasteiger partial charge is 0.478 e. The number of carbonyl (C=O) groups excluding carboxylic acids is 1. The average molecular weight is 249 g/mol. The van der Waals surface area contributed by atoms with Gasteiger partial charge in [-0.1, -0.05) is 20.8 Å². The van der Waals surface area contributed by atoms with Gasteiger partial charge in [0.2, 0.25) is 0 Å². The fourth-order valence-electron chi connectivity index (χ4n) is 1.31. The summed E-state index contributed by atoms with van der Waals surface area (Å²) >= 11 is 0. The van der Waals surface area contributed by atoms with Gasteiger partial charge in [-0.15, -0.1) is 0 Å². The van der Waals surface area contributed by atoms with E-state index < -0.39 is 5.97 Å². The van der Waals surface area contributed by atoms with Crippen molar-refractivity contribution in [2.75, 3.05) is 6.54 Å². The molecule has 0 saturated heterocycles. The standard InChI is InChI=1S/C14H19NO3/c1-4-14(2,3)9-15-12(16)10-5-7-11(8-6-10)13(17)18/h5-8H,4,9H2,1-3H3,(H,15,16)(H,17,18). The SMILES string of the molecule is CCC(C)(C)CNC(=O)c1ccc(C(=O)O)cc1. The normalized spacial score (nSPS) is 11.1. The molecular weight excluding hydrogens is 230 g/mol. The van der Waals surface area contributed by atoms with Gasteiger partial charge in [0, 0.05) is 12.1 Å². The van der Waals surface area contributed by atoms with Crippen LogP contribution in [0.4, 0.5) is 0 Å². The van der Waals surface area contributed by atoms with Crippen LogP contribution in [0, 0.1) is 5.41 Å². The van der Waals surface area contributed by atoms with E-state index in [0.717, 1.165) is 6.42 Å². The molecule has 2 N–H and O–H groups in total. The molecule has 1 aromatic rings. The van der Waals surface area contributed by atoms with E-state index in [9.17, 15) is 9.59 Å². The van der Waals surface area contributed by atoms with Crippen molar-refractivity contribution in [1.29, 1.82) is 0 Å². The summed E-state index contributed by atoms with van der Waals surface area (Å²) in [6.07, 6.45) is 0.977. The lowest BCUT2D eigenvalue weighted by molar-refractivity contribution is 0.0696. The monoisotopic (exact) mass is 249 g/mol. The number of carboxylic acid groups (broad SMARTS) is 1. The van der Waals surface area contributed by atoms with E-state index in [1.807, 2.05) is 0 Å². The summed E-state index contributed by atoms with van der Waals surface area (Å²) in [5, 5.41) is 11.6. The quantitative estimate of drug-likeness (QED) is 0.842. The molecule has 1 rings (SSSR count). The van der Waals surface area contributed by atoms with Gasteiger partial charge >= 0.3 is 5.97 Å². The minimum Gasteiger partial charge on any atom is -0.478 e. The highest BCUT2D eigenvalue weighted by Crippen LogP contribution is 2.17. The highest BCUT2D eigenvalue weighted by molar-refractivity contribution is 5.95. The van der Waals surface area contributed by atoms with Crippen LogP contribution < -0.4 is 5.32 Å². The molecule has 98 valence electrons. The van der Waals surface area contributed by atoms with E-state index in [4.69, 9.17) is 5.11 Å². The molecular formula is C14H19NO3. The summed E-state index contributed by atoms with van der Waals surface area (Å²) in [6, 6.07) is 5.92. The number of nitrogens with one attached hydrogen (secondary N) is 1. The summed E-state index contributed by atoms with van der Waals surface area (Å²) in [6.45, 7) is 6.85. The number of hydrogen-bond acceptors (Lipinski definition) is 2. The molecule has 18 heavy (non-hydrogen) atoms. The van der Waals surface area contributed by atoms with Gasteiger partial charge in [-0.2, -0.15) is 0 Å². The lowest BCUT2D eigenvalue weighted by Gasteiger charge is -2.22. The summed E-state index contributed by atoms with van der Waals surface area (Å²) in [7, 11) is 0. The second-order valence-corrected chi connectivity index (χ2v) is 5.08. The first kappa shape index (κ1) is 14.2. The molecule has 0 bridgehead atoms. The van der Waals surface area contributed by atoms with Crippen LogP contribution in [0.5, 0.6) is 0 Å². The van der Waals surface area contributed by atoms with Crippen LogP contribution in [0.2, 0.25) is 0 Å². The molecule has 0 fully saturated rings. The fraction of sp³-hybridized carbons (Fsp3) is 0.429. The maximum Gasteiger partial charge on any atom is 0.335 e. The summed E-state index contributed by atoms with van der Waals surface area (Å²) in [4.78, 5) is 22.5. The third-order valence-electron chi connectivity index (χ3n) is 3.08. The summed E-state index contributed by atoms with van der Waals surface area (Å²) in [5.41, 5.74) is 0.726. The number of benzene rings is 1. The number of amides is 1. The van der Waals surface area contributed by atoms with Crippen molar-refractivity contribution in [2.45, 2.75) is 27.2 Å². The van der Waals surface area contributed by atoms with Crippen LogP contribution in [-0.4, -0.2) is 23.5 Å². The van der Waals surface area contributed by atoms with Gasteiger partial charge in [-0.3, -0.25) is 4.79 Å². The number of rotatable bonds is 5. The molecule has 0 spiro atoms.